The van der Waals surface area contributed by atoms with Gasteiger partial charge in [-0.2, -0.15) is 0 Å². The summed E-state index contributed by atoms with van der Waals surface area (Å²) in [7, 11) is 1.39. The molecule has 0 atom stereocenters. The number of nitrogens with zero attached hydrogens (tertiary/aromatic N) is 3. The maximum Gasteiger partial charge on any atom is 0.337 e. The molecule has 1 amide bonds. The van der Waals surface area contributed by atoms with Crippen LogP contribution in [0.25, 0.3) is 0 Å². The summed E-state index contributed by atoms with van der Waals surface area (Å²) in [6.07, 6.45) is 0. The summed E-state index contributed by atoms with van der Waals surface area (Å²) in [5.41, 5.74) is 1.76. The monoisotopic (exact) mass is 347 g/mol. The number of methoxy groups -OCH3 is 1. The van der Waals surface area contributed by atoms with Crippen molar-refractivity contribution in [3.8, 4) is 0 Å². The predicted octanol–water partition coefficient (Wildman–Crippen LogP) is 1.46. The zero-order valence-electron chi connectivity index (χ0n) is 15.5. The van der Waals surface area contributed by atoms with Crippen LogP contribution in [0.5, 0.6) is 0 Å². The van der Waals surface area contributed by atoms with E-state index in [1.807, 2.05) is 30.9 Å². The molecule has 0 radical (unpaired) electrons. The first-order valence-corrected chi connectivity index (χ1v) is 8.97. The second-order valence-electron chi connectivity index (χ2n) is 6.31. The van der Waals surface area contributed by atoms with Crippen LogP contribution in [0.2, 0.25) is 0 Å². The van der Waals surface area contributed by atoms with Gasteiger partial charge in [0.2, 0.25) is 5.91 Å². The van der Waals surface area contributed by atoms with Crippen molar-refractivity contribution in [1.29, 1.82) is 0 Å². The van der Waals surface area contributed by atoms with Crippen LogP contribution in [-0.4, -0.2) is 79.5 Å². The topological polar surface area (TPSA) is 53.1 Å². The standard InChI is InChI=1S/C19H29N3O3/c1-4-22(5-2)18(23)15-21-12-10-20(11-13-21)14-16-6-8-17(9-7-16)19(24)25-3/h6-9H,4-5,10-15H2,1-3H3. The van der Waals surface area contributed by atoms with Crippen LogP contribution in [0, 0.1) is 0 Å². The average Bonchev–Trinajstić information content (AvgIpc) is 2.64. The fourth-order valence-corrected chi connectivity index (χ4v) is 3.10. The summed E-state index contributed by atoms with van der Waals surface area (Å²) in [4.78, 5) is 30.2. The highest BCUT2D eigenvalue weighted by atomic mass is 16.5. The molecule has 1 saturated heterocycles. The number of hydrogen-bond donors (Lipinski definition) is 0. The Morgan fingerprint density at radius 3 is 2.08 bits per heavy atom. The maximum atomic E-state index is 12.2. The van der Waals surface area contributed by atoms with Gasteiger partial charge in [0, 0.05) is 45.8 Å². The molecule has 138 valence electrons. The molecule has 6 nitrogen and oxygen atoms in total. The van der Waals surface area contributed by atoms with E-state index in [1.54, 1.807) is 12.1 Å². The van der Waals surface area contributed by atoms with Crippen LogP contribution in [0.4, 0.5) is 0 Å². The van der Waals surface area contributed by atoms with Crippen LogP contribution < -0.4 is 0 Å². The van der Waals surface area contributed by atoms with Crippen LogP contribution in [-0.2, 0) is 16.1 Å². The molecule has 1 fully saturated rings. The van der Waals surface area contributed by atoms with Crippen molar-refractivity contribution in [2.45, 2.75) is 20.4 Å². The van der Waals surface area contributed by atoms with Crippen molar-refractivity contribution in [3.05, 3.63) is 35.4 Å². The third-order valence-electron chi connectivity index (χ3n) is 4.72. The molecule has 1 aliphatic rings. The molecule has 0 aliphatic carbocycles. The molecule has 0 spiro atoms. The molecular weight excluding hydrogens is 318 g/mol. The smallest absolute Gasteiger partial charge is 0.337 e. The van der Waals surface area contributed by atoms with E-state index in [0.717, 1.165) is 45.8 Å². The number of ether oxygens (including phenoxy) is 1. The predicted molar refractivity (Wildman–Crippen MR) is 97.4 cm³/mol. The second-order valence-corrected chi connectivity index (χ2v) is 6.31. The number of carbonyl (C=O) groups excluding carboxylic acids is 2. The summed E-state index contributed by atoms with van der Waals surface area (Å²) in [6, 6.07) is 7.56. The lowest BCUT2D eigenvalue weighted by atomic mass is 10.1. The molecule has 1 aromatic carbocycles. The van der Waals surface area contributed by atoms with Crippen molar-refractivity contribution in [2.75, 3.05) is 52.9 Å². The Bertz CT molecular complexity index is 562. The molecule has 6 heteroatoms. The highest BCUT2D eigenvalue weighted by molar-refractivity contribution is 5.89. The van der Waals surface area contributed by atoms with E-state index in [9.17, 15) is 9.59 Å². The summed E-state index contributed by atoms with van der Waals surface area (Å²) >= 11 is 0. The van der Waals surface area contributed by atoms with E-state index < -0.39 is 0 Å². The third kappa shape index (κ3) is 5.54. The van der Waals surface area contributed by atoms with Crippen LogP contribution in [0.15, 0.2) is 24.3 Å². The van der Waals surface area contributed by atoms with Crippen molar-refractivity contribution >= 4 is 11.9 Å². The van der Waals surface area contributed by atoms with Gasteiger partial charge in [-0.25, -0.2) is 4.79 Å². The lowest BCUT2D eigenvalue weighted by Crippen LogP contribution is -2.49. The van der Waals surface area contributed by atoms with Gasteiger partial charge in [-0.05, 0) is 31.5 Å². The van der Waals surface area contributed by atoms with Crippen LogP contribution in [0.3, 0.4) is 0 Å². The fourth-order valence-electron chi connectivity index (χ4n) is 3.10. The van der Waals surface area contributed by atoms with E-state index in [4.69, 9.17) is 4.74 Å². The average molecular weight is 347 g/mol. The number of piperazine rings is 1. The van der Waals surface area contributed by atoms with E-state index >= 15 is 0 Å². The Morgan fingerprint density at radius 2 is 1.56 bits per heavy atom. The van der Waals surface area contributed by atoms with E-state index in [-0.39, 0.29) is 11.9 Å². The van der Waals surface area contributed by atoms with Gasteiger partial charge in [0.15, 0.2) is 0 Å². The van der Waals surface area contributed by atoms with Crippen molar-refractivity contribution in [3.63, 3.8) is 0 Å². The van der Waals surface area contributed by atoms with Gasteiger partial charge in [0.05, 0.1) is 19.2 Å². The number of amides is 1. The number of carbonyl (C=O) groups is 2. The van der Waals surface area contributed by atoms with Gasteiger partial charge < -0.3 is 9.64 Å². The molecule has 1 aromatic rings. The summed E-state index contributed by atoms with van der Waals surface area (Å²) in [5, 5.41) is 0. The SMILES string of the molecule is CCN(CC)C(=O)CN1CCN(Cc2ccc(C(=O)OC)cc2)CC1. The molecule has 0 bridgehead atoms. The maximum absolute atomic E-state index is 12.2. The molecule has 0 unspecified atom stereocenters. The molecule has 0 aromatic heterocycles. The largest absolute Gasteiger partial charge is 0.465 e. The Hall–Kier alpha value is -1.92. The number of esters is 1. The second kappa shape index (κ2) is 9.53. The minimum atomic E-state index is -0.307. The third-order valence-corrected chi connectivity index (χ3v) is 4.72. The molecule has 25 heavy (non-hydrogen) atoms. The number of rotatable bonds is 7. The Balaban J connectivity index is 1.78. The number of hydrogen-bond acceptors (Lipinski definition) is 5. The van der Waals surface area contributed by atoms with Crippen molar-refractivity contribution in [1.82, 2.24) is 14.7 Å². The molecule has 0 N–H and O–H groups in total. The highest BCUT2D eigenvalue weighted by Crippen LogP contribution is 2.11. The van der Waals surface area contributed by atoms with Crippen molar-refractivity contribution < 1.29 is 14.3 Å². The first-order valence-electron chi connectivity index (χ1n) is 8.97. The zero-order valence-corrected chi connectivity index (χ0v) is 15.5. The number of benzene rings is 1. The van der Waals surface area contributed by atoms with Gasteiger partial charge in [-0.1, -0.05) is 12.1 Å². The van der Waals surface area contributed by atoms with Gasteiger partial charge in [-0.3, -0.25) is 14.6 Å². The first-order chi connectivity index (χ1) is 12.1. The first kappa shape index (κ1) is 19.4. The summed E-state index contributed by atoms with van der Waals surface area (Å²) in [5.74, 6) is -0.0881. The normalized spacial score (nSPS) is 15.8. The van der Waals surface area contributed by atoms with E-state index in [2.05, 4.69) is 9.80 Å². The minimum absolute atomic E-state index is 0.219. The minimum Gasteiger partial charge on any atom is -0.465 e. The quantitative estimate of drug-likeness (QED) is 0.699. The molecule has 1 heterocycles. The molecule has 0 saturated carbocycles. The lowest BCUT2D eigenvalue weighted by Gasteiger charge is -2.35. The molecular formula is C19H29N3O3. The summed E-state index contributed by atoms with van der Waals surface area (Å²) in [6.45, 7) is 10.7. The lowest BCUT2D eigenvalue weighted by molar-refractivity contribution is -0.132. The Kier molecular flexibility index (Phi) is 7.40. The van der Waals surface area contributed by atoms with Crippen LogP contribution >= 0.6 is 0 Å². The Morgan fingerprint density at radius 1 is 1.00 bits per heavy atom. The molecule has 1 aliphatic heterocycles. The van der Waals surface area contributed by atoms with Gasteiger partial charge in [-0.15, -0.1) is 0 Å². The van der Waals surface area contributed by atoms with Gasteiger partial charge in [0.1, 0.15) is 0 Å². The van der Waals surface area contributed by atoms with Crippen molar-refractivity contribution in [2.24, 2.45) is 0 Å². The number of likely N-dealkylation sites (N-methyl/N-ethyl adjacent to an activating group) is 1. The summed E-state index contributed by atoms with van der Waals surface area (Å²) < 4.78 is 4.72. The van der Waals surface area contributed by atoms with Gasteiger partial charge in [0.25, 0.3) is 0 Å². The van der Waals surface area contributed by atoms with Crippen LogP contribution in [0.1, 0.15) is 29.8 Å². The van der Waals surface area contributed by atoms with E-state index in [1.165, 1.54) is 12.7 Å². The fraction of sp³-hybridized carbons (Fsp3) is 0.579. The zero-order chi connectivity index (χ0) is 18.2. The highest BCUT2D eigenvalue weighted by Gasteiger charge is 2.20. The molecule has 2 rings (SSSR count). The van der Waals surface area contributed by atoms with E-state index in [0.29, 0.717) is 12.1 Å². The van der Waals surface area contributed by atoms with Gasteiger partial charge >= 0.3 is 5.97 Å². The Labute approximate surface area is 150 Å².